The van der Waals surface area contributed by atoms with Gasteiger partial charge >= 0.3 is 0 Å². The summed E-state index contributed by atoms with van der Waals surface area (Å²) in [4.78, 5) is 18.4. The van der Waals surface area contributed by atoms with E-state index in [0.29, 0.717) is 28.7 Å². The first-order valence-electron chi connectivity index (χ1n) is 8.38. The molecular formula is C22H14Cl2N2O. The van der Waals surface area contributed by atoms with Gasteiger partial charge in [0.1, 0.15) is 0 Å². The highest BCUT2D eigenvalue weighted by molar-refractivity contribution is 6.34. The zero-order chi connectivity index (χ0) is 18.8. The first-order valence-corrected chi connectivity index (χ1v) is 9.14. The van der Waals surface area contributed by atoms with Crippen LogP contribution in [0.25, 0.3) is 11.1 Å². The molecule has 4 rings (SSSR count). The Balaban J connectivity index is 1.55. The fourth-order valence-electron chi connectivity index (χ4n) is 3.07. The van der Waals surface area contributed by atoms with Crippen molar-refractivity contribution in [1.82, 2.24) is 9.88 Å². The maximum Gasteiger partial charge on any atom is 0.256 e. The smallest absolute Gasteiger partial charge is 0.256 e. The van der Waals surface area contributed by atoms with Crippen molar-refractivity contribution in [2.24, 2.45) is 0 Å². The Morgan fingerprint density at radius 1 is 1.00 bits per heavy atom. The number of hydrogen-bond acceptors (Lipinski definition) is 2. The van der Waals surface area contributed by atoms with Gasteiger partial charge in [-0.25, -0.2) is 0 Å². The summed E-state index contributed by atoms with van der Waals surface area (Å²) in [7, 11) is 0. The van der Waals surface area contributed by atoms with Gasteiger partial charge in [-0.3, -0.25) is 9.78 Å². The number of fused-ring (bicyclic) bond motifs is 1. The van der Waals surface area contributed by atoms with Crippen LogP contribution >= 0.6 is 23.2 Å². The van der Waals surface area contributed by atoms with E-state index in [0.717, 1.165) is 22.3 Å². The SMILES string of the molecule is O=C1c2c(Cl)cc(-c3ccncc3)cc2CN1CC#Cc1ccc(Cl)cc1. The number of pyridine rings is 1. The molecule has 5 heteroatoms. The highest BCUT2D eigenvalue weighted by Gasteiger charge is 2.29. The zero-order valence-electron chi connectivity index (χ0n) is 14.2. The molecule has 0 N–H and O–H groups in total. The van der Waals surface area contributed by atoms with Crippen LogP contribution in [0.1, 0.15) is 21.5 Å². The number of amides is 1. The Hall–Kier alpha value is -2.80. The van der Waals surface area contributed by atoms with E-state index in [1.165, 1.54) is 0 Å². The van der Waals surface area contributed by atoms with Crippen molar-refractivity contribution in [1.29, 1.82) is 0 Å². The summed E-state index contributed by atoms with van der Waals surface area (Å²) in [5, 5.41) is 1.14. The monoisotopic (exact) mass is 392 g/mol. The van der Waals surface area contributed by atoms with Crippen LogP contribution in [0, 0.1) is 11.8 Å². The lowest BCUT2D eigenvalue weighted by molar-refractivity contribution is 0.0799. The topological polar surface area (TPSA) is 33.2 Å². The van der Waals surface area contributed by atoms with Crippen molar-refractivity contribution in [2.75, 3.05) is 6.54 Å². The maximum absolute atomic E-state index is 12.7. The molecule has 1 aromatic heterocycles. The van der Waals surface area contributed by atoms with Gasteiger partial charge in [0, 0.05) is 29.5 Å². The third-order valence-electron chi connectivity index (χ3n) is 4.39. The molecule has 0 spiro atoms. The van der Waals surface area contributed by atoms with E-state index < -0.39 is 0 Å². The Labute approximate surface area is 167 Å². The van der Waals surface area contributed by atoms with Gasteiger partial charge in [-0.2, -0.15) is 0 Å². The van der Waals surface area contributed by atoms with Crippen molar-refractivity contribution in [3.8, 4) is 23.0 Å². The third-order valence-corrected chi connectivity index (χ3v) is 4.94. The van der Waals surface area contributed by atoms with Gasteiger partial charge in [-0.15, -0.1) is 0 Å². The van der Waals surface area contributed by atoms with Crippen molar-refractivity contribution < 1.29 is 4.79 Å². The van der Waals surface area contributed by atoms with Gasteiger partial charge in [0.15, 0.2) is 0 Å². The molecule has 3 nitrogen and oxygen atoms in total. The molecule has 1 aliphatic rings. The first kappa shape index (κ1) is 17.6. The van der Waals surface area contributed by atoms with Crippen LogP contribution in [0.3, 0.4) is 0 Å². The van der Waals surface area contributed by atoms with E-state index in [-0.39, 0.29) is 5.91 Å². The first-order chi connectivity index (χ1) is 13.1. The molecule has 0 saturated carbocycles. The fourth-order valence-corrected chi connectivity index (χ4v) is 3.52. The lowest BCUT2D eigenvalue weighted by Gasteiger charge is -2.10. The minimum absolute atomic E-state index is 0.0818. The lowest BCUT2D eigenvalue weighted by Crippen LogP contribution is -2.24. The van der Waals surface area contributed by atoms with Crippen LogP contribution in [0.5, 0.6) is 0 Å². The third kappa shape index (κ3) is 3.68. The van der Waals surface area contributed by atoms with E-state index >= 15 is 0 Å². The summed E-state index contributed by atoms with van der Waals surface area (Å²) in [6.45, 7) is 0.846. The maximum atomic E-state index is 12.7. The molecule has 2 heterocycles. The van der Waals surface area contributed by atoms with Gasteiger partial charge in [0.2, 0.25) is 0 Å². The number of benzene rings is 2. The molecule has 0 radical (unpaired) electrons. The molecule has 0 aliphatic carbocycles. The largest absolute Gasteiger partial charge is 0.323 e. The van der Waals surface area contributed by atoms with E-state index in [9.17, 15) is 4.79 Å². The van der Waals surface area contributed by atoms with Gasteiger partial charge in [-0.05, 0) is 65.2 Å². The molecule has 0 fully saturated rings. The minimum atomic E-state index is -0.0818. The second-order valence-electron chi connectivity index (χ2n) is 6.20. The number of carbonyl (C=O) groups is 1. The second-order valence-corrected chi connectivity index (χ2v) is 7.04. The fraction of sp³-hybridized carbons (Fsp3) is 0.0909. The lowest BCUT2D eigenvalue weighted by atomic mass is 10.0. The Morgan fingerprint density at radius 2 is 1.74 bits per heavy atom. The van der Waals surface area contributed by atoms with Crippen molar-refractivity contribution >= 4 is 29.1 Å². The predicted molar refractivity (Wildman–Crippen MR) is 108 cm³/mol. The van der Waals surface area contributed by atoms with Crippen molar-refractivity contribution in [3.05, 3.63) is 87.7 Å². The number of nitrogens with zero attached hydrogens (tertiary/aromatic N) is 2. The van der Waals surface area contributed by atoms with Crippen molar-refractivity contribution in [2.45, 2.75) is 6.54 Å². The molecule has 0 unspecified atom stereocenters. The summed E-state index contributed by atoms with van der Waals surface area (Å²) in [5.41, 5.74) is 4.35. The molecule has 3 aromatic rings. The minimum Gasteiger partial charge on any atom is -0.323 e. The second kappa shape index (κ2) is 7.44. The molecule has 1 amide bonds. The van der Waals surface area contributed by atoms with E-state index in [4.69, 9.17) is 23.2 Å². The standard InChI is InChI=1S/C22H14Cl2N2O/c23-19-5-3-15(4-6-19)2-1-11-26-14-18-12-17(16-7-9-25-10-8-16)13-20(24)21(18)22(26)27/h3-10,12-13H,11,14H2. The normalized spacial score (nSPS) is 12.5. The quantitative estimate of drug-likeness (QED) is 0.570. The van der Waals surface area contributed by atoms with Crippen LogP contribution in [-0.4, -0.2) is 22.3 Å². The number of carbonyl (C=O) groups excluding carboxylic acids is 1. The molecule has 0 atom stereocenters. The number of rotatable bonds is 2. The molecule has 0 bridgehead atoms. The van der Waals surface area contributed by atoms with E-state index in [2.05, 4.69) is 16.8 Å². The van der Waals surface area contributed by atoms with Crippen LogP contribution < -0.4 is 0 Å². The molecule has 0 saturated heterocycles. The van der Waals surface area contributed by atoms with Gasteiger partial charge in [0.25, 0.3) is 5.91 Å². The molecule has 2 aromatic carbocycles. The summed E-state index contributed by atoms with van der Waals surface area (Å²) < 4.78 is 0. The van der Waals surface area contributed by atoms with E-state index in [1.54, 1.807) is 29.4 Å². The number of halogens is 2. The zero-order valence-corrected chi connectivity index (χ0v) is 15.8. The Morgan fingerprint density at radius 3 is 2.48 bits per heavy atom. The van der Waals surface area contributed by atoms with Gasteiger partial charge in [-0.1, -0.05) is 35.0 Å². The molecular weight excluding hydrogens is 379 g/mol. The highest BCUT2D eigenvalue weighted by Crippen LogP contribution is 2.34. The van der Waals surface area contributed by atoms with Crippen molar-refractivity contribution in [3.63, 3.8) is 0 Å². The highest BCUT2D eigenvalue weighted by atomic mass is 35.5. The molecule has 27 heavy (non-hydrogen) atoms. The van der Waals surface area contributed by atoms with Gasteiger partial charge < -0.3 is 4.90 Å². The Bertz CT molecular complexity index is 1070. The summed E-state index contributed by atoms with van der Waals surface area (Å²) in [6, 6.07) is 15.0. The average molecular weight is 393 g/mol. The van der Waals surface area contributed by atoms with Crippen LogP contribution in [0.2, 0.25) is 10.0 Å². The average Bonchev–Trinajstić information content (AvgIpc) is 3.00. The Kier molecular flexibility index (Phi) is 4.85. The molecule has 1 aliphatic heterocycles. The van der Waals surface area contributed by atoms with Crippen LogP contribution in [-0.2, 0) is 6.54 Å². The number of aromatic nitrogens is 1. The van der Waals surface area contributed by atoms with Gasteiger partial charge in [0.05, 0.1) is 17.1 Å². The summed E-state index contributed by atoms with van der Waals surface area (Å²) in [5.74, 6) is 6.03. The molecule has 132 valence electrons. The summed E-state index contributed by atoms with van der Waals surface area (Å²) in [6.07, 6.45) is 3.47. The predicted octanol–water partition coefficient (Wildman–Crippen LogP) is 5.06. The summed E-state index contributed by atoms with van der Waals surface area (Å²) >= 11 is 12.3. The van der Waals surface area contributed by atoms with Crippen LogP contribution in [0.4, 0.5) is 0 Å². The number of hydrogen-bond donors (Lipinski definition) is 0. The van der Waals surface area contributed by atoms with E-state index in [1.807, 2.05) is 36.4 Å². The van der Waals surface area contributed by atoms with Crippen LogP contribution in [0.15, 0.2) is 60.9 Å².